The van der Waals surface area contributed by atoms with Crippen LogP contribution in [0.25, 0.3) is 116 Å². The summed E-state index contributed by atoms with van der Waals surface area (Å²) in [4.78, 5) is 13.0. The lowest BCUT2D eigenvalue weighted by Crippen LogP contribution is -2.14. The van der Waals surface area contributed by atoms with E-state index in [4.69, 9.17) is 9.97 Å². The maximum atomic E-state index is 5.25. The Morgan fingerprint density at radius 2 is 0.700 bits per heavy atom. The summed E-state index contributed by atoms with van der Waals surface area (Å²) in [6.07, 6.45) is 8.61. The zero-order valence-corrected chi connectivity index (χ0v) is 45.8. The summed E-state index contributed by atoms with van der Waals surface area (Å²) in [6, 6.07) is 79.7. The number of hydrogen-bond donors (Lipinski definition) is 0. The van der Waals surface area contributed by atoms with Crippen molar-refractivity contribution in [2.75, 3.05) is 4.90 Å². The van der Waals surface area contributed by atoms with E-state index >= 15 is 0 Å². The molecule has 14 rings (SSSR count). The van der Waals surface area contributed by atoms with E-state index in [-0.39, 0.29) is 0 Å². The summed E-state index contributed by atoms with van der Waals surface area (Å²) < 4.78 is 6.91. The van der Waals surface area contributed by atoms with Crippen molar-refractivity contribution in [3.05, 3.63) is 265 Å². The van der Waals surface area contributed by atoms with Gasteiger partial charge in [-0.05, 0) is 168 Å². The smallest absolute Gasteiger partial charge is 0.0709 e. The van der Waals surface area contributed by atoms with Crippen molar-refractivity contribution in [1.82, 2.24) is 23.7 Å². The zero-order chi connectivity index (χ0) is 54.2. The van der Waals surface area contributed by atoms with Gasteiger partial charge < -0.3 is 18.6 Å². The van der Waals surface area contributed by atoms with Crippen LogP contribution >= 0.6 is 0 Å². The number of nitrogens with zero attached hydrogens (tertiary/aromatic N) is 6. The fourth-order valence-electron chi connectivity index (χ4n) is 12.5. The van der Waals surface area contributed by atoms with E-state index in [0.717, 1.165) is 112 Å². The van der Waals surface area contributed by atoms with E-state index in [1.165, 1.54) is 43.6 Å². The monoisotopic (exact) mass is 1030 g/mol. The van der Waals surface area contributed by atoms with Crippen molar-refractivity contribution in [2.45, 2.75) is 27.7 Å². The number of anilines is 3. The molecule has 0 aliphatic rings. The molecule has 0 bridgehead atoms. The molecule has 5 aromatic heterocycles. The number of fused-ring (bicyclic) bond motifs is 5. The largest absolute Gasteiger partial charge is 0.350 e. The summed E-state index contributed by atoms with van der Waals surface area (Å²) in [5.74, 6) is 0. The average molecular weight is 1030 g/mol. The highest BCUT2D eigenvalue weighted by atomic mass is 15.1. The van der Waals surface area contributed by atoms with Crippen molar-refractivity contribution < 1.29 is 0 Å². The van der Waals surface area contributed by atoms with E-state index in [1.54, 1.807) is 0 Å². The highest BCUT2D eigenvalue weighted by Gasteiger charge is 2.25. The van der Waals surface area contributed by atoms with Crippen LogP contribution in [0.3, 0.4) is 0 Å². The SMILES string of the molecule is Cc1cnc(-c2cc(-c3cn(C)c4ccccc34)cc(N(c3cc(-c4cc(-c5ccccc5)c(C)cn4)cc(-c4cn(C)c5ccccc45)c3)c3c(C)cc(-n4c5ccccc5c5ccccc54)cc3C)c2)cc1-c1ccccc1. The van der Waals surface area contributed by atoms with Gasteiger partial charge >= 0.3 is 0 Å². The minimum absolute atomic E-state index is 0.899. The maximum absolute atomic E-state index is 5.25. The van der Waals surface area contributed by atoms with E-state index in [1.807, 2.05) is 12.4 Å². The predicted octanol–water partition coefficient (Wildman–Crippen LogP) is 19.3. The summed E-state index contributed by atoms with van der Waals surface area (Å²) in [7, 11) is 4.29. The van der Waals surface area contributed by atoms with Crippen molar-refractivity contribution in [3.63, 3.8) is 0 Å². The molecule has 384 valence electrons. The lowest BCUT2D eigenvalue weighted by atomic mass is 9.94. The molecule has 0 saturated carbocycles. The number of pyridine rings is 2. The van der Waals surface area contributed by atoms with Crippen LogP contribution < -0.4 is 4.90 Å². The second-order valence-electron chi connectivity index (χ2n) is 21.5. The van der Waals surface area contributed by atoms with Gasteiger partial charge in [0.25, 0.3) is 0 Å². The van der Waals surface area contributed by atoms with Crippen LogP contribution in [-0.4, -0.2) is 23.7 Å². The lowest BCUT2D eigenvalue weighted by molar-refractivity contribution is 0.970. The Morgan fingerprint density at radius 1 is 0.325 bits per heavy atom. The van der Waals surface area contributed by atoms with Gasteiger partial charge in [-0.1, -0.05) is 133 Å². The minimum atomic E-state index is 0.899. The van der Waals surface area contributed by atoms with Gasteiger partial charge in [-0.2, -0.15) is 0 Å². The number of rotatable bonds is 10. The van der Waals surface area contributed by atoms with Gasteiger partial charge in [0, 0.05) is 111 Å². The van der Waals surface area contributed by atoms with Crippen molar-refractivity contribution in [2.24, 2.45) is 14.1 Å². The van der Waals surface area contributed by atoms with Gasteiger partial charge in [0.1, 0.15) is 0 Å². The molecule has 6 heteroatoms. The van der Waals surface area contributed by atoms with E-state index in [2.05, 4.69) is 291 Å². The van der Waals surface area contributed by atoms with Crippen LogP contribution in [0.15, 0.2) is 243 Å². The highest BCUT2D eigenvalue weighted by Crippen LogP contribution is 2.48. The molecule has 0 aliphatic carbocycles. The zero-order valence-electron chi connectivity index (χ0n) is 45.8. The number of benzene rings is 9. The first-order chi connectivity index (χ1) is 39.1. The molecular weight excluding hydrogens is 973 g/mol. The fourth-order valence-corrected chi connectivity index (χ4v) is 12.5. The van der Waals surface area contributed by atoms with Crippen LogP contribution in [0.4, 0.5) is 17.1 Å². The second kappa shape index (κ2) is 19.5. The molecule has 0 atom stereocenters. The summed E-state index contributed by atoms with van der Waals surface area (Å²) in [6.45, 7) is 8.86. The number of hydrogen-bond acceptors (Lipinski definition) is 3. The Bertz CT molecular complexity index is 4430. The highest BCUT2D eigenvalue weighted by molar-refractivity contribution is 6.09. The van der Waals surface area contributed by atoms with Crippen LogP contribution in [0.1, 0.15) is 22.3 Å². The number of aromatic nitrogens is 5. The van der Waals surface area contributed by atoms with Gasteiger partial charge in [-0.3, -0.25) is 9.97 Å². The van der Waals surface area contributed by atoms with Crippen molar-refractivity contribution in [3.8, 4) is 72.7 Å². The molecule has 0 radical (unpaired) electrons. The van der Waals surface area contributed by atoms with Gasteiger partial charge in [-0.25, -0.2) is 0 Å². The van der Waals surface area contributed by atoms with Crippen LogP contribution in [0.2, 0.25) is 0 Å². The topological polar surface area (TPSA) is 43.8 Å². The number of aryl methyl sites for hydroxylation is 6. The standard InChI is InChI=1S/C74H58N6/c1-47-33-57(80-72-31-19-15-25-60(72)61-26-16-20-32-73(61)80)34-48(2)74(47)79(58-37-53(66-45-77(5)70-29-17-13-27-62(66)70)35-55(39-58)68-41-64(49(3)43-75-68)51-21-9-7-10-22-51)59-38-54(67-46-78(6)71-30-18-14-28-63(67)71)36-56(40-59)69-42-65(50(4)44-76-69)52-23-11-8-12-24-52/h7-46H,1-6H3. The lowest BCUT2D eigenvalue weighted by Gasteiger charge is -2.31. The third kappa shape index (κ3) is 8.27. The Balaban J connectivity index is 1.07. The Morgan fingerprint density at radius 3 is 1.14 bits per heavy atom. The molecule has 80 heavy (non-hydrogen) atoms. The quantitative estimate of drug-likeness (QED) is 0.137. The maximum Gasteiger partial charge on any atom is 0.0709 e. The summed E-state index contributed by atoms with van der Waals surface area (Å²) in [5.41, 5.74) is 26.4. The second-order valence-corrected chi connectivity index (χ2v) is 21.5. The molecule has 5 heterocycles. The van der Waals surface area contributed by atoms with Crippen molar-refractivity contribution >= 4 is 60.7 Å². The van der Waals surface area contributed by atoms with Gasteiger partial charge in [-0.15, -0.1) is 0 Å². The molecule has 9 aromatic carbocycles. The minimum Gasteiger partial charge on any atom is -0.350 e. The third-order valence-corrected chi connectivity index (χ3v) is 16.3. The first-order valence-electron chi connectivity index (χ1n) is 27.5. The summed E-state index contributed by atoms with van der Waals surface area (Å²) in [5, 5.41) is 4.85. The Labute approximate surface area is 466 Å². The van der Waals surface area contributed by atoms with Crippen LogP contribution in [0, 0.1) is 27.7 Å². The van der Waals surface area contributed by atoms with Gasteiger partial charge in [0.2, 0.25) is 0 Å². The molecule has 14 aromatic rings. The molecule has 0 fully saturated rings. The van der Waals surface area contributed by atoms with Gasteiger partial charge in [0.05, 0.1) is 28.1 Å². The van der Waals surface area contributed by atoms with E-state index in [9.17, 15) is 0 Å². The fraction of sp³-hybridized carbons (Fsp3) is 0.0811. The molecule has 0 amide bonds. The first kappa shape index (κ1) is 48.3. The average Bonchev–Trinajstić information content (AvgIpc) is 4.22. The van der Waals surface area contributed by atoms with Crippen LogP contribution in [0.5, 0.6) is 0 Å². The predicted molar refractivity (Wildman–Crippen MR) is 336 cm³/mol. The molecule has 0 saturated heterocycles. The van der Waals surface area contributed by atoms with Crippen molar-refractivity contribution in [1.29, 1.82) is 0 Å². The Kier molecular flexibility index (Phi) is 11.8. The molecule has 0 N–H and O–H groups in total. The normalized spacial score (nSPS) is 11.6. The molecular formula is C74H58N6. The molecule has 6 nitrogen and oxygen atoms in total. The number of para-hydroxylation sites is 4. The van der Waals surface area contributed by atoms with E-state index < -0.39 is 0 Å². The van der Waals surface area contributed by atoms with E-state index in [0.29, 0.717) is 0 Å². The Hall–Kier alpha value is -10.0. The molecule has 0 aliphatic heterocycles. The molecule has 0 unspecified atom stereocenters. The summed E-state index contributed by atoms with van der Waals surface area (Å²) >= 11 is 0. The first-order valence-corrected chi connectivity index (χ1v) is 27.5. The molecule has 0 spiro atoms. The van der Waals surface area contributed by atoms with Gasteiger partial charge in [0.15, 0.2) is 0 Å². The van der Waals surface area contributed by atoms with Crippen LogP contribution in [-0.2, 0) is 14.1 Å². The third-order valence-electron chi connectivity index (χ3n) is 16.3.